The number of nitrogens with zero attached hydrogens (tertiary/aromatic N) is 2. The minimum Gasteiger partial charge on any atom is -0.371 e. The van der Waals surface area contributed by atoms with E-state index in [0.717, 1.165) is 4.47 Å². The topological polar surface area (TPSA) is 32.5 Å². The number of hydrogen-bond acceptors (Lipinski definition) is 3. The van der Waals surface area contributed by atoms with Crippen molar-refractivity contribution < 1.29 is 0 Å². The lowest BCUT2D eigenvalue weighted by molar-refractivity contribution is 0.252. The number of benzene rings is 1. The van der Waals surface area contributed by atoms with E-state index in [1.54, 1.807) is 0 Å². The molecule has 1 aliphatic rings. The molecule has 0 aliphatic carbocycles. The summed E-state index contributed by atoms with van der Waals surface area (Å²) in [5, 5.41) is 0. The van der Waals surface area contributed by atoms with Gasteiger partial charge < -0.3 is 15.5 Å². The van der Waals surface area contributed by atoms with Crippen LogP contribution in [0.5, 0.6) is 0 Å². The number of likely N-dealkylation sites (tertiary alicyclic amines) is 1. The summed E-state index contributed by atoms with van der Waals surface area (Å²) in [5.41, 5.74) is 8.33. The summed E-state index contributed by atoms with van der Waals surface area (Å²) in [5.74, 6) is 0. The van der Waals surface area contributed by atoms with Crippen molar-refractivity contribution in [2.75, 3.05) is 32.1 Å². The zero-order valence-electron chi connectivity index (χ0n) is 11.2. The molecule has 1 aliphatic heterocycles. The van der Waals surface area contributed by atoms with Gasteiger partial charge in [0.2, 0.25) is 0 Å². The molecule has 0 aromatic heterocycles. The minimum atomic E-state index is 0.597. The number of halogens is 1. The van der Waals surface area contributed by atoms with E-state index < -0.39 is 0 Å². The van der Waals surface area contributed by atoms with Gasteiger partial charge in [-0.25, -0.2) is 0 Å². The predicted molar refractivity (Wildman–Crippen MR) is 81.0 cm³/mol. The van der Waals surface area contributed by atoms with E-state index >= 15 is 0 Å². The molecule has 0 radical (unpaired) electrons. The number of piperidine rings is 1. The van der Waals surface area contributed by atoms with Crippen molar-refractivity contribution in [2.45, 2.75) is 25.4 Å². The van der Waals surface area contributed by atoms with Crippen LogP contribution in [0.2, 0.25) is 0 Å². The third kappa shape index (κ3) is 3.05. The first-order valence-electron chi connectivity index (χ1n) is 6.51. The molecule has 0 spiro atoms. The zero-order chi connectivity index (χ0) is 13.1. The average Bonchev–Trinajstić information content (AvgIpc) is 2.39. The third-order valence-corrected chi connectivity index (χ3v) is 4.38. The highest BCUT2D eigenvalue weighted by Crippen LogP contribution is 2.28. The standard InChI is InChI=1S/C14H22BrN3/c1-17-7-5-13(6-8-17)18(2)14-9-12(15)4-3-11(14)10-16/h3-4,9,13H,5-8,10,16H2,1-2H3. The molecule has 1 fully saturated rings. The fourth-order valence-corrected chi connectivity index (χ4v) is 2.97. The monoisotopic (exact) mass is 311 g/mol. The van der Waals surface area contributed by atoms with Crippen LogP contribution in [0.25, 0.3) is 0 Å². The predicted octanol–water partition coefficient (Wildman–Crippen LogP) is 2.44. The van der Waals surface area contributed by atoms with Gasteiger partial charge in [0, 0.05) is 29.8 Å². The van der Waals surface area contributed by atoms with Crippen LogP contribution in [0.1, 0.15) is 18.4 Å². The highest BCUT2D eigenvalue weighted by molar-refractivity contribution is 9.10. The SMILES string of the molecule is CN1CCC(N(C)c2cc(Br)ccc2CN)CC1. The molecule has 1 heterocycles. The number of hydrogen-bond donors (Lipinski definition) is 1. The van der Waals surface area contributed by atoms with Gasteiger partial charge in [-0.3, -0.25) is 0 Å². The Morgan fingerprint density at radius 3 is 2.67 bits per heavy atom. The van der Waals surface area contributed by atoms with E-state index in [1.165, 1.54) is 37.2 Å². The van der Waals surface area contributed by atoms with Crippen LogP contribution in [0, 0.1) is 0 Å². The van der Waals surface area contributed by atoms with Crippen molar-refractivity contribution in [3.8, 4) is 0 Å². The lowest BCUT2D eigenvalue weighted by Crippen LogP contribution is -2.42. The Morgan fingerprint density at radius 1 is 1.39 bits per heavy atom. The molecule has 1 saturated heterocycles. The van der Waals surface area contributed by atoms with E-state index in [0.29, 0.717) is 12.6 Å². The van der Waals surface area contributed by atoms with Crippen molar-refractivity contribution in [1.82, 2.24) is 4.90 Å². The molecule has 0 amide bonds. The van der Waals surface area contributed by atoms with E-state index in [-0.39, 0.29) is 0 Å². The van der Waals surface area contributed by atoms with Gasteiger partial charge in [-0.2, -0.15) is 0 Å². The molecule has 1 aromatic rings. The maximum absolute atomic E-state index is 5.84. The molecule has 3 nitrogen and oxygen atoms in total. The molecule has 0 atom stereocenters. The Kier molecular flexibility index (Phi) is 4.65. The first-order chi connectivity index (χ1) is 8.61. The Morgan fingerprint density at radius 2 is 2.06 bits per heavy atom. The minimum absolute atomic E-state index is 0.597. The first kappa shape index (κ1) is 13.8. The second kappa shape index (κ2) is 6.04. The lowest BCUT2D eigenvalue weighted by Gasteiger charge is -2.37. The van der Waals surface area contributed by atoms with E-state index in [9.17, 15) is 0 Å². The second-order valence-corrected chi connectivity index (χ2v) is 6.04. The summed E-state index contributed by atoms with van der Waals surface area (Å²) in [7, 11) is 4.39. The number of nitrogens with two attached hydrogens (primary N) is 1. The lowest BCUT2D eigenvalue weighted by atomic mass is 10.0. The molecular formula is C14H22BrN3. The molecule has 0 saturated carbocycles. The van der Waals surface area contributed by atoms with Crippen LogP contribution >= 0.6 is 15.9 Å². The third-order valence-electron chi connectivity index (χ3n) is 3.88. The van der Waals surface area contributed by atoms with Crippen LogP contribution in [-0.2, 0) is 6.54 Å². The van der Waals surface area contributed by atoms with Gasteiger partial charge in [-0.05, 0) is 50.7 Å². The van der Waals surface area contributed by atoms with Crippen LogP contribution < -0.4 is 10.6 Å². The number of rotatable bonds is 3. The first-order valence-corrected chi connectivity index (χ1v) is 7.31. The van der Waals surface area contributed by atoms with Crippen molar-refractivity contribution in [3.63, 3.8) is 0 Å². The Labute approximate surface area is 118 Å². The number of anilines is 1. The van der Waals surface area contributed by atoms with E-state index in [4.69, 9.17) is 5.73 Å². The fraction of sp³-hybridized carbons (Fsp3) is 0.571. The second-order valence-electron chi connectivity index (χ2n) is 5.12. The molecule has 18 heavy (non-hydrogen) atoms. The van der Waals surface area contributed by atoms with Crippen molar-refractivity contribution in [3.05, 3.63) is 28.2 Å². The molecule has 1 aromatic carbocycles. The van der Waals surface area contributed by atoms with Crippen LogP contribution in [0.3, 0.4) is 0 Å². The van der Waals surface area contributed by atoms with E-state index in [1.807, 2.05) is 0 Å². The summed E-state index contributed by atoms with van der Waals surface area (Å²) < 4.78 is 1.12. The smallest absolute Gasteiger partial charge is 0.0423 e. The highest BCUT2D eigenvalue weighted by atomic mass is 79.9. The van der Waals surface area contributed by atoms with Gasteiger partial charge in [0.1, 0.15) is 0 Å². The summed E-state index contributed by atoms with van der Waals surface area (Å²) in [4.78, 5) is 4.80. The molecule has 4 heteroatoms. The van der Waals surface area contributed by atoms with Gasteiger partial charge in [-0.15, -0.1) is 0 Å². The Balaban J connectivity index is 2.17. The van der Waals surface area contributed by atoms with Gasteiger partial charge in [-0.1, -0.05) is 22.0 Å². The molecule has 2 rings (SSSR count). The largest absolute Gasteiger partial charge is 0.371 e. The molecule has 100 valence electrons. The Bertz CT molecular complexity index is 400. The van der Waals surface area contributed by atoms with Gasteiger partial charge in [0.05, 0.1) is 0 Å². The quantitative estimate of drug-likeness (QED) is 0.930. The average molecular weight is 312 g/mol. The van der Waals surface area contributed by atoms with Crippen molar-refractivity contribution in [1.29, 1.82) is 0 Å². The molecule has 0 unspecified atom stereocenters. The zero-order valence-corrected chi connectivity index (χ0v) is 12.8. The highest BCUT2D eigenvalue weighted by Gasteiger charge is 2.22. The normalized spacial score (nSPS) is 18.0. The summed E-state index contributed by atoms with van der Waals surface area (Å²) in [6.07, 6.45) is 2.45. The van der Waals surface area contributed by atoms with Gasteiger partial charge >= 0.3 is 0 Å². The molecular weight excluding hydrogens is 290 g/mol. The Hall–Kier alpha value is -0.580. The maximum atomic E-state index is 5.84. The van der Waals surface area contributed by atoms with Crippen molar-refractivity contribution >= 4 is 21.6 Å². The van der Waals surface area contributed by atoms with E-state index in [2.05, 4.69) is 58.0 Å². The maximum Gasteiger partial charge on any atom is 0.0423 e. The van der Waals surface area contributed by atoms with Crippen LogP contribution in [0.4, 0.5) is 5.69 Å². The van der Waals surface area contributed by atoms with Crippen LogP contribution in [0.15, 0.2) is 22.7 Å². The van der Waals surface area contributed by atoms with Crippen molar-refractivity contribution in [2.24, 2.45) is 5.73 Å². The van der Waals surface area contributed by atoms with Gasteiger partial charge in [0.25, 0.3) is 0 Å². The molecule has 2 N–H and O–H groups in total. The molecule has 0 bridgehead atoms. The summed E-state index contributed by atoms with van der Waals surface area (Å²) >= 11 is 3.55. The summed E-state index contributed by atoms with van der Waals surface area (Å²) in [6, 6.07) is 6.99. The fourth-order valence-electron chi connectivity index (χ4n) is 2.62. The summed E-state index contributed by atoms with van der Waals surface area (Å²) in [6.45, 7) is 2.96. The van der Waals surface area contributed by atoms with Gasteiger partial charge in [0.15, 0.2) is 0 Å². The van der Waals surface area contributed by atoms with Crippen LogP contribution in [-0.4, -0.2) is 38.1 Å².